The van der Waals surface area contributed by atoms with Crippen LogP contribution in [-0.2, 0) is 7.05 Å². The van der Waals surface area contributed by atoms with Gasteiger partial charge in [-0.25, -0.2) is 0 Å². The van der Waals surface area contributed by atoms with E-state index in [1.165, 1.54) is 6.20 Å². The number of nitrogens with one attached hydrogen (secondary N) is 1. The minimum Gasteiger partial charge on any atom is -0.395 e. The fourth-order valence-corrected chi connectivity index (χ4v) is 1.60. The zero-order chi connectivity index (χ0) is 14.4. The summed E-state index contributed by atoms with van der Waals surface area (Å²) in [5.41, 5.74) is 2.06. The second-order valence-electron chi connectivity index (χ2n) is 4.21. The summed E-state index contributed by atoms with van der Waals surface area (Å²) in [6.07, 6.45) is 3.63. The zero-order valence-corrected chi connectivity index (χ0v) is 11.1. The van der Waals surface area contributed by atoms with Gasteiger partial charge in [-0.15, -0.1) is 0 Å². The van der Waals surface area contributed by atoms with Crippen molar-refractivity contribution in [3.63, 3.8) is 0 Å². The average molecular weight is 269 g/mol. The summed E-state index contributed by atoms with van der Waals surface area (Å²) >= 11 is 0. The molecular weight excluding hydrogens is 254 g/mol. The quantitative estimate of drug-likeness (QED) is 0.828. The molecule has 0 fully saturated rings. The van der Waals surface area contributed by atoms with Gasteiger partial charge in [0, 0.05) is 30.9 Å². The Morgan fingerprint density at radius 3 is 2.75 bits per heavy atom. The van der Waals surface area contributed by atoms with Gasteiger partial charge in [0.25, 0.3) is 5.91 Å². The van der Waals surface area contributed by atoms with Crippen LogP contribution in [0.5, 0.6) is 0 Å². The number of aliphatic hydroxyl groups excluding tert-OH is 1. The van der Waals surface area contributed by atoms with Crippen LogP contribution < -0.4 is 5.32 Å². The van der Waals surface area contributed by atoms with E-state index in [1.54, 1.807) is 30.1 Å². The van der Waals surface area contributed by atoms with E-state index in [-0.39, 0.29) is 12.5 Å². The first-order chi connectivity index (χ1) is 9.69. The van der Waals surface area contributed by atoms with Gasteiger partial charge in [0.05, 0.1) is 18.4 Å². The lowest BCUT2D eigenvalue weighted by molar-refractivity contribution is 0.102. The van der Waals surface area contributed by atoms with Crippen LogP contribution in [0, 0.1) is 11.8 Å². The Kier molecular flexibility index (Phi) is 4.53. The van der Waals surface area contributed by atoms with Crippen LogP contribution in [0.3, 0.4) is 0 Å². The summed E-state index contributed by atoms with van der Waals surface area (Å²) in [6, 6.07) is 7.22. The Bertz CT molecular complexity index is 648. The molecule has 0 saturated carbocycles. The molecule has 0 atom stereocenters. The molecule has 0 saturated heterocycles. The number of aryl methyl sites for hydroxylation is 1. The molecule has 2 N–H and O–H groups in total. The molecule has 0 bridgehead atoms. The van der Waals surface area contributed by atoms with E-state index < -0.39 is 0 Å². The van der Waals surface area contributed by atoms with Crippen molar-refractivity contribution in [2.24, 2.45) is 7.05 Å². The number of rotatable bonds is 3. The van der Waals surface area contributed by atoms with Crippen molar-refractivity contribution in [2.45, 2.75) is 6.42 Å². The summed E-state index contributed by atoms with van der Waals surface area (Å²) in [6.45, 7) is 0.0618. The van der Waals surface area contributed by atoms with Gasteiger partial charge >= 0.3 is 0 Å². The summed E-state index contributed by atoms with van der Waals surface area (Å²) in [5.74, 6) is 5.57. The number of amides is 1. The van der Waals surface area contributed by atoms with Gasteiger partial charge < -0.3 is 10.4 Å². The van der Waals surface area contributed by atoms with Gasteiger partial charge in [0.15, 0.2) is 0 Å². The number of benzene rings is 1. The van der Waals surface area contributed by atoms with Crippen LogP contribution in [0.25, 0.3) is 0 Å². The zero-order valence-electron chi connectivity index (χ0n) is 11.1. The fraction of sp³-hybridized carbons (Fsp3) is 0.200. The molecule has 1 aromatic carbocycles. The van der Waals surface area contributed by atoms with Gasteiger partial charge in [-0.1, -0.05) is 11.8 Å². The minimum atomic E-state index is -0.197. The van der Waals surface area contributed by atoms with Gasteiger partial charge in [0.1, 0.15) is 0 Å². The average Bonchev–Trinajstić information content (AvgIpc) is 2.88. The lowest BCUT2D eigenvalue weighted by Gasteiger charge is -2.03. The van der Waals surface area contributed by atoms with Crippen molar-refractivity contribution in [3.8, 4) is 11.8 Å². The van der Waals surface area contributed by atoms with E-state index in [2.05, 4.69) is 22.3 Å². The molecule has 5 heteroatoms. The maximum atomic E-state index is 11.9. The van der Waals surface area contributed by atoms with Gasteiger partial charge in [-0.3, -0.25) is 9.48 Å². The van der Waals surface area contributed by atoms with Crippen molar-refractivity contribution in [2.75, 3.05) is 11.9 Å². The van der Waals surface area contributed by atoms with Crippen molar-refractivity contribution < 1.29 is 9.90 Å². The molecule has 0 spiro atoms. The van der Waals surface area contributed by atoms with Gasteiger partial charge in [0.2, 0.25) is 0 Å². The Hall–Kier alpha value is -2.58. The van der Waals surface area contributed by atoms with E-state index in [9.17, 15) is 4.79 Å². The largest absolute Gasteiger partial charge is 0.395 e. The summed E-state index contributed by atoms with van der Waals surface area (Å²) < 4.78 is 1.58. The molecule has 1 aromatic heterocycles. The lowest BCUT2D eigenvalue weighted by Crippen LogP contribution is -2.10. The van der Waals surface area contributed by atoms with Crippen LogP contribution in [0.4, 0.5) is 5.69 Å². The van der Waals surface area contributed by atoms with Crippen LogP contribution >= 0.6 is 0 Å². The molecule has 0 aliphatic rings. The normalized spacial score (nSPS) is 9.70. The number of nitrogens with zero attached hydrogens (tertiary/aromatic N) is 2. The number of carbonyl (C=O) groups excluding carboxylic acids is 1. The second kappa shape index (κ2) is 6.55. The van der Waals surface area contributed by atoms with Crippen LogP contribution in [0.1, 0.15) is 22.3 Å². The number of anilines is 1. The molecule has 0 radical (unpaired) electrons. The molecule has 20 heavy (non-hydrogen) atoms. The Labute approximate surface area is 117 Å². The topological polar surface area (TPSA) is 67.2 Å². The van der Waals surface area contributed by atoms with E-state index in [1.807, 2.05) is 12.1 Å². The fourth-order valence-electron chi connectivity index (χ4n) is 1.60. The molecule has 5 nitrogen and oxygen atoms in total. The SMILES string of the molecule is Cn1cc(C(=O)Nc2ccc(C#CCCO)cc2)cn1. The van der Waals surface area contributed by atoms with Crippen molar-refractivity contribution in [3.05, 3.63) is 47.8 Å². The molecule has 0 aliphatic carbocycles. The van der Waals surface area contributed by atoms with E-state index in [4.69, 9.17) is 5.11 Å². The minimum absolute atomic E-state index is 0.0618. The first-order valence-electron chi connectivity index (χ1n) is 6.19. The number of aromatic nitrogens is 2. The van der Waals surface area contributed by atoms with Gasteiger partial charge in [-0.05, 0) is 24.3 Å². The molecule has 1 heterocycles. The molecule has 2 rings (SSSR count). The predicted molar refractivity (Wildman–Crippen MR) is 76.2 cm³/mol. The van der Waals surface area contributed by atoms with Crippen LogP contribution in [-0.4, -0.2) is 27.4 Å². The third-order valence-corrected chi connectivity index (χ3v) is 2.58. The van der Waals surface area contributed by atoms with E-state index in [0.717, 1.165) is 5.56 Å². The molecule has 102 valence electrons. The standard InChI is InChI=1S/C15H15N3O2/c1-18-11-13(10-16-18)15(20)17-14-7-5-12(6-8-14)4-2-3-9-19/h5-8,10-11,19H,3,9H2,1H3,(H,17,20). The highest BCUT2D eigenvalue weighted by molar-refractivity contribution is 6.03. The predicted octanol–water partition coefficient (Wildman–Crippen LogP) is 1.41. The van der Waals surface area contributed by atoms with Crippen molar-refractivity contribution >= 4 is 11.6 Å². The van der Waals surface area contributed by atoms with E-state index in [0.29, 0.717) is 17.7 Å². The first-order valence-corrected chi connectivity index (χ1v) is 6.19. The van der Waals surface area contributed by atoms with Crippen molar-refractivity contribution in [1.29, 1.82) is 0 Å². The highest BCUT2D eigenvalue weighted by atomic mass is 16.2. The number of hydrogen-bond acceptors (Lipinski definition) is 3. The Balaban J connectivity index is 2.01. The monoisotopic (exact) mass is 269 g/mol. The lowest BCUT2D eigenvalue weighted by atomic mass is 10.2. The first kappa shape index (κ1) is 13.8. The molecule has 1 amide bonds. The third kappa shape index (κ3) is 3.70. The number of hydrogen-bond donors (Lipinski definition) is 2. The van der Waals surface area contributed by atoms with Crippen LogP contribution in [0.2, 0.25) is 0 Å². The molecule has 0 aliphatic heterocycles. The maximum Gasteiger partial charge on any atom is 0.258 e. The second-order valence-corrected chi connectivity index (χ2v) is 4.21. The number of carbonyl (C=O) groups is 1. The highest BCUT2D eigenvalue weighted by Gasteiger charge is 2.07. The van der Waals surface area contributed by atoms with E-state index >= 15 is 0 Å². The maximum absolute atomic E-state index is 11.9. The smallest absolute Gasteiger partial charge is 0.258 e. The molecule has 2 aromatic rings. The summed E-state index contributed by atoms with van der Waals surface area (Å²) in [5, 5.41) is 15.4. The third-order valence-electron chi connectivity index (χ3n) is 2.58. The molecule has 0 unspecified atom stereocenters. The number of aliphatic hydroxyl groups is 1. The van der Waals surface area contributed by atoms with Crippen LogP contribution in [0.15, 0.2) is 36.7 Å². The highest BCUT2D eigenvalue weighted by Crippen LogP contribution is 2.10. The summed E-state index contributed by atoms with van der Waals surface area (Å²) in [4.78, 5) is 11.9. The Morgan fingerprint density at radius 1 is 1.40 bits per heavy atom. The van der Waals surface area contributed by atoms with Gasteiger partial charge in [-0.2, -0.15) is 5.10 Å². The van der Waals surface area contributed by atoms with Crippen molar-refractivity contribution in [1.82, 2.24) is 9.78 Å². The Morgan fingerprint density at radius 2 is 2.15 bits per heavy atom. The molecular formula is C15H15N3O2. The summed E-state index contributed by atoms with van der Waals surface area (Å²) in [7, 11) is 1.76.